The molecule has 11 heavy (non-hydrogen) atoms. The molecule has 5 nitrogen and oxygen atoms in total. The first kappa shape index (κ1) is 5.45. The van der Waals surface area contributed by atoms with Gasteiger partial charge in [-0.3, -0.25) is 0 Å². The highest BCUT2D eigenvalue weighted by atomic mass is 16.5. The van der Waals surface area contributed by atoms with Gasteiger partial charge < -0.3 is 25.2 Å². The second kappa shape index (κ2) is 3.46. The molecule has 1 saturated heterocycles. The highest BCUT2D eigenvalue weighted by Gasteiger charge is 2.36. The van der Waals surface area contributed by atoms with Crippen LogP contribution >= 0.6 is 0 Å². The zero-order valence-electron chi connectivity index (χ0n) is 8.64. The van der Waals surface area contributed by atoms with E-state index in [-0.39, 0.29) is 0 Å². The maximum atomic E-state index is 9.28. The summed E-state index contributed by atoms with van der Waals surface area (Å²) in [6.07, 6.45) is -7.83. The van der Waals surface area contributed by atoms with Crippen LogP contribution in [0.4, 0.5) is 0 Å². The van der Waals surface area contributed by atoms with Crippen molar-refractivity contribution in [3.8, 4) is 0 Å². The zero-order chi connectivity index (χ0) is 11.1. The van der Waals surface area contributed by atoms with Crippen molar-refractivity contribution in [3.63, 3.8) is 0 Å². The fraction of sp³-hybridized carbons (Fsp3) is 1.00. The Labute approximate surface area is 68.1 Å². The van der Waals surface area contributed by atoms with Gasteiger partial charge in [-0.2, -0.15) is 0 Å². The average molecular weight is 167 g/mol. The lowest BCUT2D eigenvalue weighted by Gasteiger charge is -2.34. The highest BCUT2D eigenvalue weighted by molar-refractivity contribution is 4.85. The number of aliphatic hydroxyl groups is 4. The molecular formula is C6H12O5. The Hall–Kier alpha value is -0.200. The van der Waals surface area contributed by atoms with E-state index in [0.29, 0.717) is 0 Å². The number of aliphatic hydroxyl groups excluding tert-OH is 3. The molecule has 0 unspecified atom stereocenters. The summed E-state index contributed by atoms with van der Waals surface area (Å²) in [7, 11) is 0. The van der Waals surface area contributed by atoms with Crippen LogP contribution in [0.2, 0.25) is 0 Å². The molecule has 0 aliphatic carbocycles. The van der Waals surface area contributed by atoms with E-state index in [1.807, 2.05) is 0 Å². The molecule has 0 saturated carbocycles. The zero-order valence-corrected chi connectivity index (χ0v) is 5.64. The van der Waals surface area contributed by atoms with Gasteiger partial charge in [-0.25, -0.2) is 0 Å². The molecule has 0 bridgehead atoms. The third-order valence-corrected chi connectivity index (χ3v) is 1.51. The summed E-state index contributed by atoms with van der Waals surface area (Å²) in [4.78, 5) is 0. The topological polar surface area (TPSA) is 90.2 Å². The Kier molecular flexibility index (Phi) is 1.72. The Morgan fingerprint density at radius 1 is 1.45 bits per heavy atom. The maximum Gasteiger partial charge on any atom is 0.111 e. The summed E-state index contributed by atoms with van der Waals surface area (Å²) in [6.45, 7) is -3.66. The normalized spacial score (nSPS) is 57.8. The van der Waals surface area contributed by atoms with Crippen LogP contribution in [0.1, 0.15) is 4.11 Å². The quantitative estimate of drug-likeness (QED) is 0.345. The fourth-order valence-corrected chi connectivity index (χ4v) is 0.823. The lowest BCUT2D eigenvalue weighted by Crippen LogP contribution is -2.53. The Bertz CT molecular complexity index is 220. The van der Waals surface area contributed by atoms with Crippen LogP contribution < -0.4 is 0 Å². The molecule has 0 spiro atoms. The van der Waals surface area contributed by atoms with Crippen LogP contribution in [0.3, 0.4) is 0 Å². The second-order valence-electron chi connectivity index (χ2n) is 2.29. The van der Waals surface area contributed by atoms with E-state index in [4.69, 9.17) is 19.4 Å². The molecule has 0 radical (unpaired) electrons. The molecule has 1 heterocycles. The van der Waals surface area contributed by atoms with Crippen molar-refractivity contribution in [2.24, 2.45) is 0 Å². The average Bonchev–Trinajstić information content (AvgIpc) is 2.06. The van der Waals surface area contributed by atoms with E-state index < -0.39 is 37.6 Å². The number of ether oxygens (including phenoxy) is 1. The smallest absolute Gasteiger partial charge is 0.111 e. The van der Waals surface area contributed by atoms with E-state index in [0.717, 1.165) is 0 Å². The van der Waals surface area contributed by atoms with Crippen molar-refractivity contribution in [2.75, 3.05) is 13.2 Å². The Morgan fingerprint density at radius 3 is 2.64 bits per heavy atom. The van der Waals surface area contributed by atoms with Crippen LogP contribution in [0.15, 0.2) is 0 Å². The third kappa shape index (κ3) is 1.69. The standard InChI is InChI=1S/C6H12O5/c7-1-4-6(10)5(9)3(8)2-11-4/h3-10H,1-2H2/t3-,4+,5+,6+/m0/s1/i1D2,4D. The first-order valence-corrected chi connectivity index (χ1v) is 3.10. The highest BCUT2D eigenvalue weighted by Crippen LogP contribution is 2.14. The van der Waals surface area contributed by atoms with Gasteiger partial charge in [0.15, 0.2) is 0 Å². The van der Waals surface area contributed by atoms with Gasteiger partial charge in [-0.05, 0) is 0 Å². The Balaban J connectivity index is 2.91. The van der Waals surface area contributed by atoms with E-state index >= 15 is 0 Å². The minimum absolute atomic E-state index is 0.526. The molecular weight excluding hydrogens is 152 g/mol. The predicted octanol–water partition coefficient (Wildman–Crippen LogP) is -2.54. The minimum atomic E-state index is -3.13. The van der Waals surface area contributed by atoms with E-state index in [9.17, 15) is 5.11 Å². The van der Waals surface area contributed by atoms with Crippen LogP contribution in [0.5, 0.6) is 0 Å². The van der Waals surface area contributed by atoms with E-state index in [1.54, 1.807) is 0 Å². The molecule has 4 N–H and O–H groups in total. The molecule has 1 rings (SSSR count). The molecule has 66 valence electrons. The summed E-state index contributed by atoms with van der Waals surface area (Å²) >= 11 is 0. The fourth-order valence-electron chi connectivity index (χ4n) is 0.823. The van der Waals surface area contributed by atoms with Crippen LogP contribution in [0, 0.1) is 0 Å². The van der Waals surface area contributed by atoms with Gasteiger partial charge in [-0.1, -0.05) is 0 Å². The summed E-state index contributed by atoms with van der Waals surface area (Å²) in [5, 5.41) is 36.4. The molecule has 0 aromatic heterocycles. The van der Waals surface area contributed by atoms with Gasteiger partial charge in [-0.15, -0.1) is 0 Å². The Morgan fingerprint density at radius 2 is 2.09 bits per heavy atom. The lowest BCUT2D eigenvalue weighted by molar-refractivity contribution is -0.195. The minimum Gasteiger partial charge on any atom is -0.394 e. The molecule has 5 heteroatoms. The van der Waals surface area contributed by atoms with Crippen molar-refractivity contribution in [2.45, 2.75) is 24.4 Å². The van der Waals surface area contributed by atoms with E-state index in [1.165, 1.54) is 0 Å². The monoisotopic (exact) mass is 167 g/mol. The van der Waals surface area contributed by atoms with Crippen molar-refractivity contribution >= 4 is 0 Å². The SMILES string of the molecule is [2H]C([2H])(O)[C@@]1([2H])OC[C@H](O)[C@@H](O)[C@@H]1O. The summed E-state index contributed by atoms with van der Waals surface area (Å²) < 4.78 is 25.6. The van der Waals surface area contributed by atoms with Gasteiger partial charge in [0, 0.05) is 0 Å². The van der Waals surface area contributed by atoms with Gasteiger partial charge in [0.2, 0.25) is 0 Å². The second-order valence-corrected chi connectivity index (χ2v) is 2.29. The molecule has 4 atom stereocenters. The molecule has 0 aromatic rings. The molecule has 1 fully saturated rings. The van der Waals surface area contributed by atoms with Crippen LogP contribution in [-0.2, 0) is 4.74 Å². The van der Waals surface area contributed by atoms with E-state index in [2.05, 4.69) is 4.74 Å². The van der Waals surface area contributed by atoms with Gasteiger partial charge in [0.25, 0.3) is 0 Å². The van der Waals surface area contributed by atoms with Gasteiger partial charge in [0.1, 0.15) is 24.4 Å². The van der Waals surface area contributed by atoms with Gasteiger partial charge in [0.05, 0.1) is 17.3 Å². The molecule has 1 aliphatic rings. The van der Waals surface area contributed by atoms with Crippen molar-refractivity contribution in [1.29, 1.82) is 0 Å². The largest absolute Gasteiger partial charge is 0.394 e. The lowest BCUT2D eigenvalue weighted by atomic mass is 10.0. The maximum absolute atomic E-state index is 9.28. The van der Waals surface area contributed by atoms with Gasteiger partial charge >= 0.3 is 0 Å². The van der Waals surface area contributed by atoms with Crippen molar-refractivity contribution in [3.05, 3.63) is 0 Å². The third-order valence-electron chi connectivity index (χ3n) is 1.51. The summed E-state index contributed by atoms with van der Waals surface area (Å²) in [6, 6.07) is 0. The summed E-state index contributed by atoms with van der Waals surface area (Å²) in [5.41, 5.74) is 0. The number of rotatable bonds is 1. The first-order valence-electron chi connectivity index (χ1n) is 4.60. The number of hydrogen-bond donors (Lipinski definition) is 4. The predicted molar refractivity (Wildman–Crippen MR) is 34.8 cm³/mol. The molecule has 0 aromatic carbocycles. The van der Waals surface area contributed by atoms with Crippen LogP contribution in [0.25, 0.3) is 0 Å². The summed E-state index contributed by atoms with van der Waals surface area (Å²) in [5.74, 6) is 0. The van der Waals surface area contributed by atoms with Crippen molar-refractivity contribution < 1.29 is 29.3 Å². The molecule has 0 amide bonds. The molecule has 1 aliphatic heterocycles. The van der Waals surface area contributed by atoms with Crippen LogP contribution in [-0.4, -0.2) is 58.0 Å². The number of hydrogen-bond acceptors (Lipinski definition) is 5. The first-order chi connectivity index (χ1) is 6.20. The van der Waals surface area contributed by atoms with Crippen molar-refractivity contribution in [1.82, 2.24) is 0 Å².